The van der Waals surface area contributed by atoms with Crippen LogP contribution in [0, 0.1) is 6.92 Å². The zero-order valence-corrected chi connectivity index (χ0v) is 17.5. The van der Waals surface area contributed by atoms with Crippen molar-refractivity contribution in [2.75, 3.05) is 0 Å². The number of allylic oxidation sites excluding steroid dienone is 4. The largest absolute Gasteiger partial charge is 0.213 e. The lowest BCUT2D eigenvalue weighted by Gasteiger charge is -2.09. The molecule has 0 unspecified atom stereocenters. The lowest BCUT2D eigenvalue weighted by molar-refractivity contribution is 0.992. The zero-order valence-electron chi connectivity index (χ0n) is 17.5. The van der Waals surface area contributed by atoms with Gasteiger partial charge in [-0.15, -0.1) is 0 Å². The minimum atomic E-state index is 0.650. The Labute approximate surface area is 183 Å². The smallest absolute Gasteiger partial charge is 0.163 e. The second kappa shape index (κ2) is 9.14. The molecule has 0 aliphatic rings. The van der Waals surface area contributed by atoms with E-state index in [9.17, 15) is 0 Å². The fourth-order valence-electron chi connectivity index (χ4n) is 3.46. The summed E-state index contributed by atoms with van der Waals surface area (Å²) >= 11 is 0. The predicted octanol–water partition coefficient (Wildman–Crippen LogP) is 6.94. The molecule has 0 spiro atoms. The van der Waals surface area contributed by atoms with Gasteiger partial charge < -0.3 is 0 Å². The number of aromatic nitrogens is 3. The molecule has 0 fully saturated rings. The third-order valence-corrected chi connectivity index (χ3v) is 4.95. The average molecular weight is 402 g/mol. The van der Waals surface area contributed by atoms with Gasteiger partial charge in [-0.1, -0.05) is 98.1 Å². The van der Waals surface area contributed by atoms with E-state index >= 15 is 0 Å². The summed E-state index contributed by atoms with van der Waals surface area (Å²) in [6.45, 7) is 9.58. The fourth-order valence-corrected chi connectivity index (χ4v) is 3.46. The van der Waals surface area contributed by atoms with E-state index in [0.29, 0.717) is 17.5 Å². The zero-order chi connectivity index (χ0) is 21.6. The van der Waals surface area contributed by atoms with Crippen LogP contribution >= 0.6 is 0 Å². The van der Waals surface area contributed by atoms with Gasteiger partial charge in [0.2, 0.25) is 0 Å². The summed E-state index contributed by atoms with van der Waals surface area (Å²) in [7, 11) is 0. The summed E-state index contributed by atoms with van der Waals surface area (Å²) in [6, 6.07) is 26.7. The van der Waals surface area contributed by atoms with E-state index in [4.69, 9.17) is 4.98 Å². The van der Waals surface area contributed by atoms with Crippen LogP contribution in [0.15, 0.2) is 110 Å². The molecule has 0 aliphatic carbocycles. The highest BCUT2D eigenvalue weighted by Gasteiger charge is 2.10. The highest BCUT2D eigenvalue weighted by molar-refractivity contribution is 5.77. The van der Waals surface area contributed by atoms with Gasteiger partial charge >= 0.3 is 0 Å². The number of hydrogen-bond donors (Lipinski definition) is 0. The van der Waals surface area contributed by atoms with Gasteiger partial charge in [0.25, 0.3) is 0 Å². The maximum absolute atomic E-state index is 4.79. The lowest BCUT2D eigenvalue weighted by Crippen LogP contribution is -2.00. The maximum Gasteiger partial charge on any atom is 0.163 e. The minimum Gasteiger partial charge on any atom is -0.213 e. The van der Waals surface area contributed by atoms with Gasteiger partial charge in [0.05, 0.1) is 0 Å². The molecule has 0 N–H and O–H groups in total. The van der Waals surface area contributed by atoms with Crippen LogP contribution in [-0.4, -0.2) is 15.0 Å². The molecule has 150 valence electrons. The van der Waals surface area contributed by atoms with Gasteiger partial charge in [-0.05, 0) is 41.3 Å². The first kappa shape index (κ1) is 20.2. The van der Waals surface area contributed by atoms with E-state index in [2.05, 4.69) is 53.5 Å². The first-order chi connectivity index (χ1) is 15.2. The summed E-state index contributed by atoms with van der Waals surface area (Å²) in [5, 5.41) is 0. The molecular formula is C28H23N3. The van der Waals surface area contributed by atoms with Crippen LogP contribution in [0.4, 0.5) is 0 Å². The van der Waals surface area contributed by atoms with Crippen molar-refractivity contribution in [3.05, 3.63) is 122 Å². The molecule has 0 saturated heterocycles. The third kappa shape index (κ3) is 4.57. The van der Waals surface area contributed by atoms with E-state index in [1.807, 2.05) is 67.6 Å². The Morgan fingerprint density at radius 1 is 0.677 bits per heavy atom. The topological polar surface area (TPSA) is 38.7 Å². The van der Waals surface area contributed by atoms with Crippen molar-refractivity contribution >= 4 is 5.57 Å². The van der Waals surface area contributed by atoms with Crippen LogP contribution in [-0.2, 0) is 0 Å². The van der Waals surface area contributed by atoms with Crippen molar-refractivity contribution in [1.29, 1.82) is 0 Å². The summed E-state index contributed by atoms with van der Waals surface area (Å²) in [5.74, 6) is 1.99. The highest BCUT2D eigenvalue weighted by Crippen LogP contribution is 2.27. The molecule has 31 heavy (non-hydrogen) atoms. The second-order valence-corrected chi connectivity index (χ2v) is 7.12. The van der Waals surface area contributed by atoms with Crippen LogP contribution in [0.2, 0.25) is 0 Å². The Morgan fingerprint density at radius 3 is 1.97 bits per heavy atom. The number of hydrogen-bond acceptors (Lipinski definition) is 3. The van der Waals surface area contributed by atoms with Gasteiger partial charge in [-0.2, -0.15) is 0 Å². The van der Waals surface area contributed by atoms with Gasteiger partial charge in [0.15, 0.2) is 11.6 Å². The SMILES string of the molecule is C=C/C=C(\C=C)c1cccc(-c2nc(C)nc(-c3cccc(-c4ccccc4)c3)n2)c1. The monoisotopic (exact) mass is 401 g/mol. The van der Waals surface area contributed by atoms with E-state index in [-0.39, 0.29) is 0 Å². The molecular weight excluding hydrogens is 378 g/mol. The van der Waals surface area contributed by atoms with Crippen molar-refractivity contribution in [2.24, 2.45) is 0 Å². The number of benzene rings is 3. The summed E-state index contributed by atoms with van der Waals surface area (Å²) in [4.78, 5) is 14.0. The van der Waals surface area contributed by atoms with Crippen LogP contribution in [0.5, 0.6) is 0 Å². The van der Waals surface area contributed by atoms with Crippen LogP contribution in [0.3, 0.4) is 0 Å². The van der Waals surface area contributed by atoms with Crippen molar-refractivity contribution in [3.63, 3.8) is 0 Å². The average Bonchev–Trinajstić information content (AvgIpc) is 2.83. The first-order valence-corrected chi connectivity index (χ1v) is 10.1. The van der Waals surface area contributed by atoms with Crippen LogP contribution in [0.1, 0.15) is 11.4 Å². The van der Waals surface area contributed by atoms with Gasteiger partial charge in [-0.3, -0.25) is 0 Å². The first-order valence-electron chi connectivity index (χ1n) is 10.1. The molecule has 0 saturated carbocycles. The van der Waals surface area contributed by atoms with E-state index in [0.717, 1.165) is 33.4 Å². The van der Waals surface area contributed by atoms with Crippen molar-refractivity contribution < 1.29 is 0 Å². The molecule has 0 aliphatic heterocycles. The predicted molar refractivity (Wildman–Crippen MR) is 129 cm³/mol. The molecule has 0 amide bonds. The van der Waals surface area contributed by atoms with Crippen molar-refractivity contribution in [3.8, 4) is 33.9 Å². The molecule has 0 bridgehead atoms. The van der Waals surface area contributed by atoms with Gasteiger partial charge in [-0.25, -0.2) is 15.0 Å². The maximum atomic E-state index is 4.79. The third-order valence-electron chi connectivity index (χ3n) is 4.95. The quantitative estimate of drug-likeness (QED) is 0.329. The van der Waals surface area contributed by atoms with Crippen LogP contribution < -0.4 is 0 Å². The van der Waals surface area contributed by atoms with E-state index in [1.165, 1.54) is 0 Å². The molecule has 0 radical (unpaired) electrons. The molecule has 1 aromatic heterocycles. The second-order valence-electron chi connectivity index (χ2n) is 7.12. The minimum absolute atomic E-state index is 0.650. The van der Waals surface area contributed by atoms with Gasteiger partial charge in [0, 0.05) is 11.1 Å². The summed E-state index contributed by atoms with van der Waals surface area (Å²) < 4.78 is 0. The normalized spacial score (nSPS) is 11.2. The lowest BCUT2D eigenvalue weighted by atomic mass is 10.0. The molecule has 3 nitrogen and oxygen atoms in total. The molecule has 4 aromatic rings. The van der Waals surface area contributed by atoms with E-state index in [1.54, 1.807) is 6.08 Å². The Kier molecular flexibility index (Phi) is 5.95. The molecule has 3 heteroatoms. The van der Waals surface area contributed by atoms with Crippen molar-refractivity contribution in [2.45, 2.75) is 6.92 Å². The highest BCUT2D eigenvalue weighted by atomic mass is 15.0. The number of rotatable bonds is 6. The van der Waals surface area contributed by atoms with E-state index < -0.39 is 0 Å². The van der Waals surface area contributed by atoms with Gasteiger partial charge in [0.1, 0.15) is 5.82 Å². The number of nitrogens with zero attached hydrogens (tertiary/aromatic N) is 3. The molecule has 0 atom stereocenters. The molecule has 4 rings (SSSR count). The summed E-state index contributed by atoms with van der Waals surface area (Å²) in [5.41, 5.74) is 6.22. The Balaban J connectivity index is 1.77. The molecule has 3 aromatic carbocycles. The van der Waals surface area contributed by atoms with Crippen LogP contribution in [0.25, 0.3) is 39.5 Å². The number of aryl methyl sites for hydroxylation is 1. The Bertz CT molecular complexity index is 1270. The fraction of sp³-hybridized carbons (Fsp3) is 0.0357. The standard InChI is InChI=1S/C28H23N3/c1-4-11-21(5-2)23-14-9-16-25(18-23)27-29-20(3)30-28(31-27)26-17-10-15-24(19-26)22-12-7-6-8-13-22/h4-19H,1-2H2,3H3/b21-11+. The van der Waals surface area contributed by atoms with Crippen molar-refractivity contribution in [1.82, 2.24) is 15.0 Å². The molecule has 1 heterocycles. The Hall–Kier alpha value is -4.11. The Morgan fingerprint density at radius 2 is 1.29 bits per heavy atom. The summed E-state index contributed by atoms with van der Waals surface area (Å²) in [6.07, 6.45) is 5.51.